The van der Waals surface area contributed by atoms with Gasteiger partial charge in [-0.05, 0) is 19.1 Å². The Morgan fingerprint density at radius 2 is 2.15 bits per heavy atom. The number of rotatable bonds is 3. The first-order valence-electron chi connectivity index (χ1n) is 5.49. The standard InChI is InChI=1S/C12H11N3O4S/c1-6(15-19)9-5-20-12(13-9)14-11(18)8-3-2-7(16)4-10(8)17/h2-5,16-17,19H,1H3,(H,13,14,18)/b15-6-. The molecule has 0 aliphatic heterocycles. The second kappa shape index (κ2) is 5.57. The van der Waals surface area contributed by atoms with Gasteiger partial charge in [0, 0.05) is 11.4 Å². The maximum atomic E-state index is 11.9. The van der Waals surface area contributed by atoms with Crippen LogP contribution in [0.1, 0.15) is 23.0 Å². The molecular weight excluding hydrogens is 282 g/mol. The Hall–Kier alpha value is -2.61. The average Bonchev–Trinajstić information content (AvgIpc) is 2.86. The third kappa shape index (κ3) is 2.86. The summed E-state index contributed by atoms with van der Waals surface area (Å²) in [6, 6.07) is 3.67. The predicted molar refractivity (Wildman–Crippen MR) is 73.8 cm³/mol. The fraction of sp³-hybridized carbons (Fsp3) is 0.0833. The summed E-state index contributed by atoms with van der Waals surface area (Å²) in [5, 5.41) is 34.8. The summed E-state index contributed by atoms with van der Waals surface area (Å²) < 4.78 is 0. The Bertz CT molecular complexity index is 681. The lowest BCUT2D eigenvalue weighted by molar-refractivity contribution is 0.102. The molecule has 2 rings (SSSR count). The molecule has 0 aliphatic carbocycles. The molecular formula is C12H11N3O4S. The van der Waals surface area contributed by atoms with Crippen LogP contribution in [0.2, 0.25) is 0 Å². The second-order valence-electron chi connectivity index (χ2n) is 3.88. The van der Waals surface area contributed by atoms with Crippen LogP contribution in [0.4, 0.5) is 5.13 Å². The molecule has 1 aromatic carbocycles. The van der Waals surface area contributed by atoms with E-state index in [0.29, 0.717) is 16.5 Å². The van der Waals surface area contributed by atoms with E-state index < -0.39 is 5.91 Å². The quantitative estimate of drug-likeness (QED) is 0.392. The number of thiazole rings is 1. The molecule has 0 unspecified atom stereocenters. The normalized spacial score (nSPS) is 11.3. The Labute approximate surface area is 117 Å². The zero-order chi connectivity index (χ0) is 14.7. The van der Waals surface area contributed by atoms with Crippen molar-refractivity contribution < 1.29 is 20.2 Å². The number of hydrogen-bond acceptors (Lipinski definition) is 7. The van der Waals surface area contributed by atoms with E-state index in [2.05, 4.69) is 15.5 Å². The first kappa shape index (κ1) is 13.8. The van der Waals surface area contributed by atoms with Crippen LogP contribution in [0.5, 0.6) is 11.5 Å². The monoisotopic (exact) mass is 293 g/mol. The number of anilines is 1. The zero-order valence-corrected chi connectivity index (χ0v) is 11.2. The third-order valence-corrected chi connectivity index (χ3v) is 3.23. The molecule has 1 heterocycles. The highest BCUT2D eigenvalue weighted by Crippen LogP contribution is 2.24. The molecule has 0 fully saturated rings. The van der Waals surface area contributed by atoms with Gasteiger partial charge < -0.3 is 15.4 Å². The van der Waals surface area contributed by atoms with Gasteiger partial charge in [0.05, 0.1) is 5.56 Å². The van der Waals surface area contributed by atoms with Gasteiger partial charge in [-0.3, -0.25) is 10.1 Å². The number of amides is 1. The minimum atomic E-state index is -0.554. The highest BCUT2D eigenvalue weighted by Gasteiger charge is 2.14. The minimum absolute atomic E-state index is 0.0205. The Balaban J connectivity index is 2.17. The molecule has 0 saturated carbocycles. The second-order valence-corrected chi connectivity index (χ2v) is 4.74. The fourth-order valence-corrected chi connectivity index (χ4v) is 2.17. The molecule has 0 spiro atoms. The largest absolute Gasteiger partial charge is 0.508 e. The molecule has 1 amide bonds. The minimum Gasteiger partial charge on any atom is -0.508 e. The first-order valence-corrected chi connectivity index (χ1v) is 6.37. The number of carbonyl (C=O) groups excluding carboxylic acids is 1. The van der Waals surface area contributed by atoms with Gasteiger partial charge in [-0.1, -0.05) is 5.16 Å². The number of phenols is 2. The molecule has 0 saturated heterocycles. The van der Waals surface area contributed by atoms with Crippen LogP contribution in [0.3, 0.4) is 0 Å². The van der Waals surface area contributed by atoms with E-state index >= 15 is 0 Å². The smallest absolute Gasteiger partial charge is 0.261 e. The number of nitrogens with one attached hydrogen (secondary N) is 1. The van der Waals surface area contributed by atoms with Crippen LogP contribution < -0.4 is 5.32 Å². The van der Waals surface area contributed by atoms with Crippen LogP contribution in [0.25, 0.3) is 0 Å². The zero-order valence-electron chi connectivity index (χ0n) is 10.4. The van der Waals surface area contributed by atoms with Gasteiger partial charge in [-0.2, -0.15) is 0 Å². The summed E-state index contributed by atoms with van der Waals surface area (Å²) in [6.45, 7) is 1.58. The van der Waals surface area contributed by atoms with Crippen molar-refractivity contribution in [1.82, 2.24) is 4.98 Å². The lowest BCUT2D eigenvalue weighted by atomic mass is 10.2. The van der Waals surface area contributed by atoms with Crippen LogP contribution >= 0.6 is 11.3 Å². The highest BCUT2D eigenvalue weighted by atomic mass is 32.1. The molecule has 4 N–H and O–H groups in total. The molecule has 0 radical (unpaired) electrons. The number of hydrogen-bond donors (Lipinski definition) is 4. The maximum absolute atomic E-state index is 11.9. The van der Waals surface area contributed by atoms with E-state index in [1.54, 1.807) is 12.3 Å². The van der Waals surface area contributed by atoms with Crippen molar-refractivity contribution in [3.8, 4) is 11.5 Å². The SMILES string of the molecule is C/C(=N/O)c1csc(NC(=O)c2ccc(O)cc2O)n1. The van der Waals surface area contributed by atoms with Gasteiger partial charge in [0.15, 0.2) is 5.13 Å². The summed E-state index contributed by atoms with van der Waals surface area (Å²) in [4.78, 5) is 16.0. The van der Waals surface area contributed by atoms with Crippen LogP contribution in [-0.4, -0.2) is 32.0 Å². The number of phenolic OH excluding ortho intramolecular Hbond substituents is 2. The summed E-state index contributed by atoms with van der Waals surface area (Å²) in [6.07, 6.45) is 0. The van der Waals surface area contributed by atoms with Gasteiger partial charge in [-0.25, -0.2) is 4.98 Å². The highest BCUT2D eigenvalue weighted by molar-refractivity contribution is 7.14. The van der Waals surface area contributed by atoms with Crippen molar-refractivity contribution in [1.29, 1.82) is 0 Å². The van der Waals surface area contributed by atoms with Crippen molar-refractivity contribution in [2.24, 2.45) is 5.16 Å². The van der Waals surface area contributed by atoms with E-state index in [-0.39, 0.29) is 17.1 Å². The molecule has 1 aromatic heterocycles. The third-order valence-electron chi connectivity index (χ3n) is 2.47. The van der Waals surface area contributed by atoms with Crippen molar-refractivity contribution in [3.63, 3.8) is 0 Å². The van der Waals surface area contributed by atoms with Gasteiger partial charge >= 0.3 is 0 Å². The number of aromatic hydroxyl groups is 2. The molecule has 104 valence electrons. The van der Waals surface area contributed by atoms with Crippen molar-refractivity contribution >= 4 is 28.1 Å². The van der Waals surface area contributed by atoms with E-state index in [4.69, 9.17) is 10.3 Å². The van der Waals surface area contributed by atoms with Gasteiger partial charge in [0.25, 0.3) is 5.91 Å². The van der Waals surface area contributed by atoms with Crippen molar-refractivity contribution in [3.05, 3.63) is 34.8 Å². The van der Waals surface area contributed by atoms with Crippen LogP contribution in [-0.2, 0) is 0 Å². The number of oxime groups is 1. The Morgan fingerprint density at radius 3 is 2.80 bits per heavy atom. The van der Waals surface area contributed by atoms with Crippen molar-refractivity contribution in [2.75, 3.05) is 5.32 Å². The number of carbonyl (C=O) groups is 1. The summed E-state index contributed by atoms with van der Waals surface area (Å²) in [7, 11) is 0. The van der Waals surface area contributed by atoms with Crippen LogP contribution in [0, 0.1) is 0 Å². The molecule has 8 heteroatoms. The van der Waals surface area contributed by atoms with E-state index in [9.17, 15) is 9.90 Å². The lowest BCUT2D eigenvalue weighted by Crippen LogP contribution is -2.12. The first-order chi connectivity index (χ1) is 9.51. The van der Waals surface area contributed by atoms with Crippen LogP contribution in [0.15, 0.2) is 28.7 Å². The Kier molecular flexibility index (Phi) is 3.85. The number of aromatic nitrogens is 1. The van der Waals surface area contributed by atoms with Gasteiger partial charge in [-0.15, -0.1) is 11.3 Å². The predicted octanol–water partition coefficient (Wildman–Crippen LogP) is 2.00. The molecule has 0 aliphatic rings. The van der Waals surface area contributed by atoms with Gasteiger partial charge in [0.2, 0.25) is 0 Å². The van der Waals surface area contributed by atoms with E-state index in [1.807, 2.05) is 0 Å². The van der Waals surface area contributed by atoms with E-state index in [0.717, 1.165) is 17.4 Å². The number of nitrogens with zero attached hydrogens (tertiary/aromatic N) is 2. The Morgan fingerprint density at radius 1 is 1.40 bits per heavy atom. The summed E-state index contributed by atoms with van der Waals surface area (Å²) in [5.41, 5.74) is 0.795. The molecule has 0 atom stereocenters. The lowest BCUT2D eigenvalue weighted by Gasteiger charge is -2.04. The van der Waals surface area contributed by atoms with Crippen molar-refractivity contribution in [2.45, 2.75) is 6.92 Å². The van der Waals surface area contributed by atoms with Gasteiger partial charge in [0.1, 0.15) is 22.9 Å². The maximum Gasteiger partial charge on any atom is 0.261 e. The number of benzene rings is 1. The fourth-order valence-electron chi connectivity index (χ4n) is 1.43. The summed E-state index contributed by atoms with van der Waals surface area (Å²) >= 11 is 1.16. The topological polar surface area (TPSA) is 115 Å². The average molecular weight is 293 g/mol. The summed E-state index contributed by atoms with van der Waals surface area (Å²) in [5.74, 6) is -1.01. The molecule has 0 bridgehead atoms. The molecule has 2 aromatic rings. The molecule has 7 nitrogen and oxygen atoms in total. The van der Waals surface area contributed by atoms with E-state index in [1.165, 1.54) is 12.1 Å². The molecule has 20 heavy (non-hydrogen) atoms.